The van der Waals surface area contributed by atoms with Crippen molar-refractivity contribution in [2.24, 2.45) is 0 Å². The van der Waals surface area contributed by atoms with Crippen molar-refractivity contribution in [2.45, 2.75) is 31.2 Å². The summed E-state index contributed by atoms with van der Waals surface area (Å²) in [5.41, 5.74) is 3.78. The van der Waals surface area contributed by atoms with E-state index in [9.17, 15) is 31.1 Å². The van der Waals surface area contributed by atoms with Gasteiger partial charge in [0, 0.05) is 55.0 Å². The maximum atomic E-state index is 12.7. The third-order valence-electron chi connectivity index (χ3n) is 5.80. The summed E-state index contributed by atoms with van der Waals surface area (Å²) in [5.74, 6) is -5.46. The molecule has 1 saturated heterocycles. The molecule has 18 heteroatoms. The predicted molar refractivity (Wildman–Crippen MR) is 134 cm³/mol. The first kappa shape index (κ1) is 32.4. The van der Waals surface area contributed by atoms with E-state index in [1.165, 1.54) is 0 Å². The first-order chi connectivity index (χ1) is 20.2. The fourth-order valence-electron chi connectivity index (χ4n) is 3.75. The molecule has 12 nitrogen and oxygen atoms in total. The Bertz CT molecular complexity index is 1520. The van der Waals surface area contributed by atoms with Gasteiger partial charge in [0.2, 0.25) is 0 Å². The Kier molecular flexibility index (Phi) is 10.3. The minimum atomic E-state index is -5.08. The molecule has 43 heavy (non-hydrogen) atoms. The molecule has 0 saturated carbocycles. The number of carboxylic acids is 2. The van der Waals surface area contributed by atoms with Crippen molar-refractivity contribution in [2.75, 3.05) is 13.1 Å². The summed E-state index contributed by atoms with van der Waals surface area (Å²) >= 11 is 0. The highest BCUT2D eigenvalue weighted by molar-refractivity contribution is 5.94. The number of pyridine rings is 2. The molecule has 1 aliphatic rings. The van der Waals surface area contributed by atoms with Crippen molar-refractivity contribution in [1.29, 1.82) is 0 Å². The van der Waals surface area contributed by atoms with Gasteiger partial charge in [-0.05, 0) is 37.1 Å². The highest BCUT2D eigenvalue weighted by Gasteiger charge is 2.39. The predicted octanol–water partition coefficient (Wildman–Crippen LogP) is 4.03. The van der Waals surface area contributed by atoms with Crippen LogP contribution in [0, 0.1) is 0 Å². The molecule has 1 fully saturated rings. The Hall–Kier alpha value is -5.16. The number of alkyl halides is 6. The Morgan fingerprint density at radius 2 is 1.40 bits per heavy atom. The van der Waals surface area contributed by atoms with Crippen LogP contribution in [0.1, 0.15) is 29.2 Å². The van der Waals surface area contributed by atoms with Crippen LogP contribution in [0.3, 0.4) is 0 Å². The number of carbonyl (C=O) groups is 3. The van der Waals surface area contributed by atoms with Gasteiger partial charge in [0.15, 0.2) is 11.3 Å². The van der Waals surface area contributed by atoms with Crippen LogP contribution in [0.2, 0.25) is 0 Å². The average Bonchev–Trinajstić information content (AvgIpc) is 3.41. The fraction of sp³-hybridized carbons (Fsp3) is 0.280. The number of amides is 1. The zero-order valence-electron chi connectivity index (χ0n) is 21.7. The number of carboxylic acid groups (broad SMARTS) is 2. The van der Waals surface area contributed by atoms with Gasteiger partial charge in [0.25, 0.3) is 5.91 Å². The number of imidazole rings is 1. The Morgan fingerprint density at radius 3 is 1.91 bits per heavy atom. The van der Waals surface area contributed by atoms with Gasteiger partial charge in [-0.25, -0.2) is 24.5 Å². The van der Waals surface area contributed by atoms with E-state index in [0.717, 1.165) is 29.7 Å². The molecule has 0 aliphatic carbocycles. The Labute approximate surface area is 237 Å². The molecule has 0 unspecified atom stereocenters. The van der Waals surface area contributed by atoms with Crippen molar-refractivity contribution in [3.8, 4) is 11.3 Å². The van der Waals surface area contributed by atoms with Crippen LogP contribution in [0.5, 0.6) is 0 Å². The first-order valence-electron chi connectivity index (χ1n) is 12.1. The van der Waals surface area contributed by atoms with Crippen LogP contribution < -0.4 is 0 Å². The van der Waals surface area contributed by atoms with Gasteiger partial charge in [0.1, 0.15) is 0 Å². The average molecular weight is 613 g/mol. The van der Waals surface area contributed by atoms with Crippen molar-refractivity contribution in [3.05, 3.63) is 67.1 Å². The minimum absolute atomic E-state index is 0.0556. The second-order valence-corrected chi connectivity index (χ2v) is 8.66. The molecule has 4 aromatic heterocycles. The van der Waals surface area contributed by atoms with Gasteiger partial charge < -0.3 is 19.7 Å². The van der Waals surface area contributed by atoms with E-state index in [0.29, 0.717) is 24.3 Å². The first-order valence-corrected chi connectivity index (χ1v) is 12.1. The lowest BCUT2D eigenvalue weighted by Gasteiger charge is -2.32. The van der Waals surface area contributed by atoms with Crippen LogP contribution >= 0.6 is 0 Å². The molecule has 0 radical (unpaired) electrons. The number of nitrogens with zero attached hydrogens (tertiary/aromatic N) is 7. The summed E-state index contributed by atoms with van der Waals surface area (Å²) in [7, 11) is 0. The number of halogens is 6. The standard InChI is InChI=1S/C21H19N7O.2C2HF3O2/c29-21(15-3-8-22-9-4-15)27-10-5-17(6-11-27)28-14-25-19-20(28)26-18(13-24-19)16-2-1-7-23-12-16;2*3-2(4,5)1(6)7/h1-4,7-9,12-14,17H,5-6,10-11H2;2*(H,6,7). The lowest BCUT2D eigenvalue weighted by atomic mass is 10.0. The SMILES string of the molecule is O=C(O)C(F)(F)F.O=C(O)C(F)(F)F.O=C(c1ccncc1)N1CCC(n2cnc3ncc(-c4cccnc4)nc32)CC1. The van der Waals surface area contributed by atoms with Crippen molar-refractivity contribution in [1.82, 2.24) is 34.4 Å². The molecule has 0 spiro atoms. The van der Waals surface area contributed by atoms with Crippen molar-refractivity contribution >= 4 is 29.1 Å². The number of hydrogen-bond donors (Lipinski definition) is 2. The number of aliphatic carboxylic acids is 2. The molecule has 1 amide bonds. The topological polar surface area (TPSA) is 164 Å². The Balaban J connectivity index is 0.000000303. The van der Waals surface area contributed by atoms with Gasteiger partial charge in [0.05, 0.1) is 18.2 Å². The van der Waals surface area contributed by atoms with Crippen LogP contribution in [-0.2, 0) is 9.59 Å². The van der Waals surface area contributed by atoms with E-state index in [2.05, 4.69) is 24.5 Å². The number of rotatable bonds is 3. The van der Waals surface area contributed by atoms with E-state index >= 15 is 0 Å². The molecule has 0 atom stereocenters. The summed E-state index contributed by atoms with van der Waals surface area (Å²) in [4.78, 5) is 54.2. The second-order valence-electron chi connectivity index (χ2n) is 8.66. The lowest BCUT2D eigenvalue weighted by Crippen LogP contribution is -2.39. The zero-order chi connectivity index (χ0) is 31.8. The van der Waals surface area contributed by atoms with Gasteiger partial charge in [-0.15, -0.1) is 0 Å². The molecule has 5 rings (SSSR count). The summed E-state index contributed by atoms with van der Waals surface area (Å²) < 4.78 is 65.6. The molecule has 4 aromatic rings. The number of aromatic nitrogens is 6. The van der Waals surface area contributed by atoms with Crippen LogP contribution in [0.25, 0.3) is 22.6 Å². The van der Waals surface area contributed by atoms with Gasteiger partial charge in [-0.3, -0.25) is 14.8 Å². The normalized spacial score (nSPS) is 13.8. The molecule has 1 aliphatic heterocycles. The third-order valence-corrected chi connectivity index (χ3v) is 5.80. The number of carbonyl (C=O) groups excluding carboxylic acids is 1. The summed E-state index contributed by atoms with van der Waals surface area (Å²) in [6.07, 6.45) is 1.88. The quantitative estimate of drug-likeness (QED) is 0.323. The number of hydrogen-bond acceptors (Lipinski definition) is 8. The molecule has 228 valence electrons. The minimum Gasteiger partial charge on any atom is -0.475 e. The fourth-order valence-corrected chi connectivity index (χ4v) is 3.75. The molecule has 0 bridgehead atoms. The van der Waals surface area contributed by atoms with Crippen molar-refractivity contribution in [3.63, 3.8) is 0 Å². The van der Waals surface area contributed by atoms with E-state index in [1.54, 1.807) is 43.1 Å². The van der Waals surface area contributed by atoms with E-state index < -0.39 is 24.3 Å². The van der Waals surface area contributed by atoms with Crippen LogP contribution in [0.15, 0.2) is 61.6 Å². The zero-order valence-corrected chi connectivity index (χ0v) is 21.7. The second kappa shape index (κ2) is 13.7. The van der Waals surface area contributed by atoms with Crippen LogP contribution in [0.4, 0.5) is 26.3 Å². The molecule has 2 N–H and O–H groups in total. The number of likely N-dealkylation sites (tertiary alicyclic amines) is 1. The monoisotopic (exact) mass is 613 g/mol. The molecular formula is C25H21F6N7O5. The van der Waals surface area contributed by atoms with Crippen molar-refractivity contribution < 1.29 is 50.9 Å². The number of fused-ring (bicyclic) bond motifs is 1. The Morgan fingerprint density at radius 1 is 0.814 bits per heavy atom. The summed E-state index contributed by atoms with van der Waals surface area (Å²) in [6.45, 7) is 1.39. The summed E-state index contributed by atoms with van der Waals surface area (Å²) in [5, 5.41) is 14.2. The maximum absolute atomic E-state index is 12.7. The largest absolute Gasteiger partial charge is 0.490 e. The van der Waals surface area contributed by atoms with Crippen LogP contribution in [-0.4, -0.2) is 87.9 Å². The van der Waals surface area contributed by atoms with Gasteiger partial charge >= 0.3 is 24.3 Å². The summed E-state index contributed by atoms with van der Waals surface area (Å²) in [6, 6.07) is 7.60. The number of piperidine rings is 1. The van der Waals surface area contributed by atoms with E-state index in [4.69, 9.17) is 24.8 Å². The highest BCUT2D eigenvalue weighted by Crippen LogP contribution is 2.27. The van der Waals surface area contributed by atoms with E-state index in [-0.39, 0.29) is 11.9 Å². The van der Waals surface area contributed by atoms with E-state index in [1.807, 2.05) is 23.4 Å². The molecular weight excluding hydrogens is 592 g/mol. The molecule has 5 heterocycles. The smallest absolute Gasteiger partial charge is 0.475 e. The van der Waals surface area contributed by atoms with Gasteiger partial charge in [-0.2, -0.15) is 26.3 Å². The highest BCUT2D eigenvalue weighted by atomic mass is 19.4. The molecule has 0 aromatic carbocycles. The van der Waals surface area contributed by atoms with Gasteiger partial charge in [-0.1, -0.05) is 0 Å². The third kappa shape index (κ3) is 8.91. The maximum Gasteiger partial charge on any atom is 0.490 e. The lowest BCUT2D eigenvalue weighted by molar-refractivity contribution is -0.193.